The van der Waals surface area contributed by atoms with Crippen LogP contribution in [0.5, 0.6) is 0 Å². The Balaban J connectivity index is 1.66. The van der Waals surface area contributed by atoms with Gasteiger partial charge >= 0.3 is 0 Å². The number of likely N-dealkylation sites (tertiary alicyclic amines) is 1. The molecule has 2 heterocycles. The van der Waals surface area contributed by atoms with E-state index in [1.807, 2.05) is 17.0 Å². The number of piperazine rings is 1. The Labute approximate surface area is 182 Å². The molecule has 0 aromatic heterocycles. The van der Waals surface area contributed by atoms with Crippen molar-refractivity contribution in [2.45, 2.75) is 69.7 Å². The first-order valence-electron chi connectivity index (χ1n) is 11.3. The van der Waals surface area contributed by atoms with Crippen molar-refractivity contribution in [3.63, 3.8) is 0 Å². The Morgan fingerprint density at radius 3 is 2.03 bits per heavy atom. The summed E-state index contributed by atoms with van der Waals surface area (Å²) >= 11 is 0. The van der Waals surface area contributed by atoms with E-state index < -0.39 is 10.0 Å². The lowest BCUT2D eigenvalue weighted by Gasteiger charge is -2.39. The highest BCUT2D eigenvalue weighted by atomic mass is 32.2. The Kier molecular flexibility index (Phi) is 7.25. The Hall–Kier alpha value is -1.44. The van der Waals surface area contributed by atoms with Gasteiger partial charge in [-0.15, -0.1) is 0 Å². The zero-order valence-electron chi connectivity index (χ0n) is 18.9. The van der Waals surface area contributed by atoms with Crippen molar-refractivity contribution < 1.29 is 13.2 Å². The van der Waals surface area contributed by atoms with Crippen LogP contribution >= 0.6 is 0 Å². The van der Waals surface area contributed by atoms with Crippen LogP contribution in [0.25, 0.3) is 0 Å². The van der Waals surface area contributed by atoms with Gasteiger partial charge in [0.15, 0.2) is 0 Å². The first-order valence-corrected chi connectivity index (χ1v) is 12.7. The molecule has 0 bridgehead atoms. The van der Waals surface area contributed by atoms with Gasteiger partial charge in [0.1, 0.15) is 0 Å². The Bertz CT molecular complexity index is 816. The largest absolute Gasteiger partial charge is 0.341 e. The van der Waals surface area contributed by atoms with Crippen LogP contribution in [-0.4, -0.2) is 73.7 Å². The second-order valence-corrected chi connectivity index (χ2v) is 11.5. The summed E-state index contributed by atoms with van der Waals surface area (Å²) in [6, 6.07) is 7.15. The predicted molar refractivity (Wildman–Crippen MR) is 120 cm³/mol. The molecule has 1 atom stereocenters. The topological polar surface area (TPSA) is 60.9 Å². The molecule has 0 saturated carbocycles. The molecule has 1 aromatic carbocycles. The molecular formula is C23H37N3O3S. The van der Waals surface area contributed by atoms with Crippen LogP contribution in [-0.2, 0) is 20.2 Å². The minimum atomic E-state index is -3.51. The van der Waals surface area contributed by atoms with Crippen molar-refractivity contribution in [1.82, 2.24) is 14.1 Å². The van der Waals surface area contributed by atoms with E-state index in [-0.39, 0.29) is 17.4 Å². The second kappa shape index (κ2) is 9.37. The summed E-state index contributed by atoms with van der Waals surface area (Å²) in [5.41, 5.74) is 1.11. The fourth-order valence-electron chi connectivity index (χ4n) is 4.42. The number of hydrogen-bond acceptors (Lipinski definition) is 4. The molecule has 7 heteroatoms. The normalized spacial score (nSPS) is 20.5. The van der Waals surface area contributed by atoms with Gasteiger partial charge in [0.25, 0.3) is 0 Å². The Morgan fingerprint density at radius 2 is 1.53 bits per heavy atom. The van der Waals surface area contributed by atoms with Crippen molar-refractivity contribution in [3.8, 4) is 0 Å². The lowest BCUT2D eigenvalue weighted by atomic mass is 9.87. The zero-order valence-corrected chi connectivity index (χ0v) is 19.7. The molecule has 3 rings (SSSR count). The van der Waals surface area contributed by atoms with E-state index in [0.717, 1.165) is 44.3 Å². The molecule has 0 spiro atoms. The van der Waals surface area contributed by atoms with Crippen molar-refractivity contribution in [2.75, 3.05) is 39.3 Å². The summed E-state index contributed by atoms with van der Waals surface area (Å²) in [5.74, 6) is 0.225. The summed E-state index contributed by atoms with van der Waals surface area (Å²) in [7, 11) is -3.51. The van der Waals surface area contributed by atoms with Gasteiger partial charge in [0.2, 0.25) is 15.9 Å². The number of hydrogen-bond donors (Lipinski definition) is 0. The lowest BCUT2D eigenvalue weighted by Crippen LogP contribution is -2.56. The first kappa shape index (κ1) is 23.2. The molecule has 168 valence electrons. The lowest BCUT2D eigenvalue weighted by molar-refractivity contribution is -0.136. The average Bonchev–Trinajstić information content (AvgIpc) is 3.26. The number of amides is 1. The van der Waals surface area contributed by atoms with Crippen LogP contribution in [0.3, 0.4) is 0 Å². The number of carbonyl (C=O) groups excluding carboxylic acids is 1. The van der Waals surface area contributed by atoms with Crippen LogP contribution < -0.4 is 0 Å². The smallest absolute Gasteiger partial charge is 0.243 e. The highest BCUT2D eigenvalue weighted by molar-refractivity contribution is 7.89. The van der Waals surface area contributed by atoms with Crippen LogP contribution in [0.1, 0.15) is 58.9 Å². The molecule has 1 aromatic rings. The summed E-state index contributed by atoms with van der Waals surface area (Å²) in [6.45, 7) is 12.2. The maximum Gasteiger partial charge on any atom is 0.243 e. The van der Waals surface area contributed by atoms with Gasteiger partial charge in [-0.25, -0.2) is 8.42 Å². The molecule has 1 unspecified atom stereocenters. The molecule has 0 aliphatic carbocycles. The van der Waals surface area contributed by atoms with Crippen LogP contribution in [0, 0.1) is 0 Å². The second-order valence-electron chi connectivity index (χ2n) is 9.55. The van der Waals surface area contributed by atoms with Crippen molar-refractivity contribution in [1.29, 1.82) is 0 Å². The van der Waals surface area contributed by atoms with E-state index >= 15 is 0 Å². The maximum absolute atomic E-state index is 13.1. The highest BCUT2D eigenvalue weighted by Gasteiger charge is 2.35. The minimum absolute atomic E-state index is 0.00984. The monoisotopic (exact) mass is 435 g/mol. The van der Waals surface area contributed by atoms with Crippen molar-refractivity contribution in [3.05, 3.63) is 29.8 Å². The van der Waals surface area contributed by atoms with Gasteiger partial charge in [0, 0.05) is 39.3 Å². The van der Waals surface area contributed by atoms with E-state index in [1.165, 1.54) is 0 Å². The molecule has 2 aliphatic rings. The van der Waals surface area contributed by atoms with Crippen LogP contribution in [0.4, 0.5) is 0 Å². The molecule has 2 fully saturated rings. The number of carbonyl (C=O) groups is 1. The van der Waals surface area contributed by atoms with Gasteiger partial charge in [-0.1, -0.05) is 46.2 Å². The standard InChI is InChI=1S/C23H37N3O3S/c1-5-8-21(22(27)25-13-6-7-14-25)24-15-17-26(18-16-24)30(28,29)20-11-9-19(10-12-20)23(2,3)4/h9-12,21H,5-8,13-18H2,1-4H3. The zero-order chi connectivity index (χ0) is 21.9. The number of nitrogens with zero attached hydrogens (tertiary/aromatic N) is 3. The molecule has 0 radical (unpaired) electrons. The number of rotatable bonds is 6. The van der Waals surface area contributed by atoms with Crippen molar-refractivity contribution in [2.24, 2.45) is 0 Å². The van der Waals surface area contributed by atoms with E-state index in [1.54, 1.807) is 16.4 Å². The van der Waals surface area contributed by atoms with Crippen LogP contribution in [0.2, 0.25) is 0 Å². The number of sulfonamides is 1. The van der Waals surface area contributed by atoms with Gasteiger partial charge in [-0.2, -0.15) is 4.31 Å². The first-order chi connectivity index (χ1) is 14.1. The molecule has 2 saturated heterocycles. The molecule has 1 amide bonds. The maximum atomic E-state index is 13.1. The fraction of sp³-hybridized carbons (Fsp3) is 0.696. The molecule has 30 heavy (non-hydrogen) atoms. The van der Waals surface area contributed by atoms with E-state index in [2.05, 4.69) is 32.6 Å². The van der Waals surface area contributed by atoms with E-state index in [0.29, 0.717) is 31.1 Å². The minimum Gasteiger partial charge on any atom is -0.341 e. The molecular weight excluding hydrogens is 398 g/mol. The van der Waals surface area contributed by atoms with Gasteiger partial charge in [0.05, 0.1) is 10.9 Å². The quantitative estimate of drug-likeness (QED) is 0.689. The van der Waals surface area contributed by atoms with Gasteiger partial charge in [-0.05, 0) is 42.4 Å². The third-order valence-corrected chi connectivity index (χ3v) is 8.25. The van der Waals surface area contributed by atoms with Crippen LogP contribution in [0.15, 0.2) is 29.2 Å². The van der Waals surface area contributed by atoms with E-state index in [9.17, 15) is 13.2 Å². The Morgan fingerprint density at radius 1 is 0.967 bits per heavy atom. The third-order valence-electron chi connectivity index (χ3n) is 6.34. The summed E-state index contributed by atoms with van der Waals surface area (Å²) in [4.78, 5) is 17.5. The molecule has 0 N–H and O–H groups in total. The van der Waals surface area contributed by atoms with Gasteiger partial charge in [-0.3, -0.25) is 9.69 Å². The predicted octanol–water partition coefficient (Wildman–Crippen LogP) is 3.08. The SMILES string of the molecule is CCCC(C(=O)N1CCCC1)N1CCN(S(=O)(=O)c2ccc(C(C)(C)C)cc2)CC1. The average molecular weight is 436 g/mol. The number of benzene rings is 1. The fourth-order valence-corrected chi connectivity index (χ4v) is 5.84. The summed E-state index contributed by atoms with van der Waals surface area (Å²) < 4.78 is 27.8. The van der Waals surface area contributed by atoms with E-state index in [4.69, 9.17) is 0 Å². The summed E-state index contributed by atoms with van der Waals surface area (Å²) in [5, 5.41) is 0. The van der Waals surface area contributed by atoms with Crippen molar-refractivity contribution >= 4 is 15.9 Å². The third kappa shape index (κ3) is 5.06. The molecule has 6 nitrogen and oxygen atoms in total. The highest BCUT2D eigenvalue weighted by Crippen LogP contribution is 2.26. The van der Waals surface area contributed by atoms with Gasteiger partial charge < -0.3 is 4.90 Å². The molecule has 2 aliphatic heterocycles. The summed E-state index contributed by atoms with van der Waals surface area (Å²) in [6.07, 6.45) is 3.95.